The first-order valence-corrected chi connectivity index (χ1v) is 4.27. The van der Waals surface area contributed by atoms with E-state index in [0.29, 0.717) is 11.6 Å². The summed E-state index contributed by atoms with van der Waals surface area (Å²) in [4.78, 5) is 7.76. The van der Waals surface area contributed by atoms with E-state index >= 15 is 0 Å². The number of alkyl halides is 2. The van der Waals surface area contributed by atoms with Crippen LogP contribution in [0.2, 0.25) is 0 Å². The topological polar surface area (TPSA) is 75.7 Å². The Morgan fingerprint density at radius 1 is 1.38 bits per heavy atom. The summed E-state index contributed by atoms with van der Waals surface area (Å²) >= 11 is 0. The van der Waals surface area contributed by atoms with Gasteiger partial charge in [0.25, 0.3) is 0 Å². The zero-order valence-electron chi connectivity index (χ0n) is 7.89. The molecule has 0 aliphatic heterocycles. The summed E-state index contributed by atoms with van der Waals surface area (Å²) in [6.07, 6.45) is 4.49. The average molecular weight is 227 g/mol. The third-order valence-corrected chi connectivity index (χ3v) is 1.59. The number of aromatic amines is 1. The molecule has 2 aromatic heterocycles. The number of rotatable bonds is 4. The largest absolute Gasteiger partial charge is 0.415 e. The maximum Gasteiger partial charge on any atom is 0.388 e. The number of halogens is 2. The normalized spacial score (nSPS) is 10.4. The fourth-order valence-electron chi connectivity index (χ4n) is 1.02. The van der Waals surface area contributed by atoms with Gasteiger partial charge in [-0.1, -0.05) is 0 Å². The Morgan fingerprint density at radius 3 is 2.94 bits per heavy atom. The van der Waals surface area contributed by atoms with Gasteiger partial charge in [-0.25, -0.2) is 4.98 Å². The van der Waals surface area contributed by atoms with Crippen LogP contribution in [0.3, 0.4) is 0 Å². The number of hydrogen-bond acceptors (Lipinski definition) is 5. The molecule has 0 unspecified atom stereocenters. The SMILES string of the molecule is FC(F)Oc1cc(Nc2cnccn2)[nH]n1. The van der Waals surface area contributed by atoms with Gasteiger partial charge in [-0.15, -0.1) is 5.10 Å². The zero-order valence-corrected chi connectivity index (χ0v) is 7.89. The molecule has 8 heteroatoms. The molecule has 2 aromatic rings. The van der Waals surface area contributed by atoms with Crippen LogP contribution in [-0.2, 0) is 0 Å². The highest BCUT2D eigenvalue weighted by molar-refractivity contribution is 5.51. The maximum atomic E-state index is 11.8. The highest BCUT2D eigenvalue weighted by Gasteiger charge is 2.08. The van der Waals surface area contributed by atoms with Crippen molar-refractivity contribution < 1.29 is 13.5 Å². The Balaban J connectivity index is 2.03. The van der Waals surface area contributed by atoms with Gasteiger partial charge in [0.1, 0.15) is 11.6 Å². The van der Waals surface area contributed by atoms with Crippen LogP contribution in [0.15, 0.2) is 24.7 Å². The van der Waals surface area contributed by atoms with Gasteiger partial charge < -0.3 is 10.1 Å². The molecular formula is C8H7F2N5O. The Morgan fingerprint density at radius 2 is 2.25 bits per heavy atom. The van der Waals surface area contributed by atoms with Gasteiger partial charge in [0, 0.05) is 18.5 Å². The molecule has 0 atom stereocenters. The molecule has 0 saturated heterocycles. The molecule has 0 amide bonds. The fraction of sp³-hybridized carbons (Fsp3) is 0.125. The van der Waals surface area contributed by atoms with E-state index in [1.807, 2.05) is 0 Å². The highest BCUT2D eigenvalue weighted by atomic mass is 19.3. The first-order valence-electron chi connectivity index (χ1n) is 4.27. The van der Waals surface area contributed by atoms with E-state index in [0.717, 1.165) is 0 Å². The number of hydrogen-bond donors (Lipinski definition) is 2. The number of nitrogens with one attached hydrogen (secondary N) is 2. The van der Waals surface area contributed by atoms with Crippen LogP contribution in [0.4, 0.5) is 20.4 Å². The molecule has 0 aromatic carbocycles. The summed E-state index contributed by atoms with van der Waals surface area (Å²) < 4.78 is 27.8. The molecule has 0 fully saturated rings. The Hall–Kier alpha value is -2.25. The van der Waals surface area contributed by atoms with Crippen LogP contribution in [0.25, 0.3) is 0 Å². The third kappa shape index (κ3) is 2.62. The molecule has 16 heavy (non-hydrogen) atoms. The fourth-order valence-corrected chi connectivity index (χ4v) is 1.02. The van der Waals surface area contributed by atoms with Gasteiger partial charge in [0.2, 0.25) is 5.88 Å². The molecule has 0 radical (unpaired) electrons. The Labute approximate surface area is 88.7 Å². The van der Waals surface area contributed by atoms with E-state index in [-0.39, 0.29) is 5.88 Å². The quantitative estimate of drug-likeness (QED) is 0.828. The van der Waals surface area contributed by atoms with Crippen molar-refractivity contribution in [2.45, 2.75) is 6.61 Å². The van der Waals surface area contributed by atoms with Gasteiger partial charge in [0.05, 0.1) is 6.20 Å². The molecular weight excluding hydrogens is 220 g/mol. The summed E-state index contributed by atoms with van der Waals surface area (Å²) in [6, 6.07) is 1.29. The number of anilines is 2. The number of nitrogens with zero attached hydrogens (tertiary/aromatic N) is 3. The van der Waals surface area contributed by atoms with Crippen molar-refractivity contribution in [3.63, 3.8) is 0 Å². The van der Waals surface area contributed by atoms with E-state index < -0.39 is 6.61 Å². The predicted octanol–water partition coefficient (Wildman–Crippen LogP) is 1.54. The minimum absolute atomic E-state index is 0.193. The molecule has 0 spiro atoms. The minimum atomic E-state index is -2.90. The van der Waals surface area contributed by atoms with E-state index in [1.165, 1.54) is 24.7 Å². The lowest BCUT2D eigenvalue weighted by atomic mass is 10.5. The first-order chi connectivity index (χ1) is 7.74. The molecule has 6 nitrogen and oxygen atoms in total. The second-order valence-corrected chi connectivity index (χ2v) is 2.71. The standard InChI is InChI=1S/C8H7F2N5O/c9-8(10)16-7-3-5(14-15-7)13-6-4-11-1-2-12-6/h1-4,8H,(H2,12,13,14,15). The maximum absolute atomic E-state index is 11.8. The van der Waals surface area contributed by atoms with Crippen LogP contribution in [0, 0.1) is 0 Å². The van der Waals surface area contributed by atoms with Crippen LogP contribution in [0.5, 0.6) is 5.88 Å². The first kappa shape index (κ1) is 10.3. The van der Waals surface area contributed by atoms with Crippen LogP contribution in [0.1, 0.15) is 0 Å². The second-order valence-electron chi connectivity index (χ2n) is 2.71. The van der Waals surface area contributed by atoms with Crippen molar-refractivity contribution in [2.24, 2.45) is 0 Å². The van der Waals surface area contributed by atoms with E-state index in [1.54, 1.807) is 0 Å². The third-order valence-electron chi connectivity index (χ3n) is 1.59. The summed E-state index contributed by atoms with van der Waals surface area (Å²) in [5.74, 6) is 0.660. The van der Waals surface area contributed by atoms with Crippen LogP contribution >= 0.6 is 0 Å². The summed E-state index contributed by atoms with van der Waals surface area (Å²) in [5, 5.41) is 8.77. The van der Waals surface area contributed by atoms with Crippen molar-refractivity contribution in [3.8, 4) is 5.88 Å². The van der Waals surface area contributed by atoms with Gasteiger partial charge >= 0.3 is 6.61 Å². The van der Waals surface area contributed by atoms with Gasteiger partial charge in [-0.05, 0) is 0 Å². The second kappa shape index (κ2) is 4.51. The lowest BCUT2D eigenvalue weighted by Crippen LogP contribution is -2.01. The lowest BCUT2D eigenvalue weighted by molar-refractivity contribution is -0.0528. The molecule has 2 N–H and O–H groups in total. The smallest absolute Gasteiger partial charge is 0.388 e. The van der Waals surface area contributed by atoms with Crippen molar-refractivity contribution in [2.75, 3.05) is 5.32 Å². The number of ether oxygens (including phenoxy) is 1. The van der Waals surface area contributed by atoms with Crippen molar-refractivity contribution in [3.05, 3.63) is 24.7 Å². The Kier molecular flexibility index (Phi) is 2.90. The molecule has 2 rings (SSSR count). The summed E-state index contributed by atoms with van der Waals surface area (Å²) in [6.45, 7) is -2.90. The van der Waals surface area contributed by atoms with Gasteiger partial charge in [-0.2, -0.15) is 8.78 Å². The molecule has 84 valence electrons. The summed E-state index contributed by atoms with van der Waals surface area (Å²) in [5.41, 5.74) is 0. The average Bonchev–Trinajstić information content (AvgIpc) is 2.66. The van der Waals surface area contributed by atoms with Crippen molar-refractivity contribution in [1.82, 2.24) is 20.2 Å². The Bertz CT molecular complexity index is 447. The molecule has 2 heterocycles. The molecule has 0 aliphatic rings. The lowest BCUT2D eigenvalue weighted by Gasteiger charge is -1.99. The minimum Gasteiger partial charge on any atom is -0.415 e. The molecule has 0 saturated carbocycles. The number of H-pyrrole nitrogens is 1. The number of aromatic nitrogens is 4. The van der Waals surface area contributed by atoms with Crippen LogP contribution in [-0.4, -0.2) is 26.8 Å². The van der Waals surface area contributed by atoms with E-state index in [2.05, 4.69) is 30.2 Å². The van der Waals surface area contributed by atoms with Gasteiger partial charge in [0.15, 0.2) is 0 Å². The summed E-state index contributed by atoms with van der Waals surface area (Å²) in [7, 11) is 0. The van der Waals surface area contributed by atoms with Gasteiger partial charge in [-0.3, -0.25) is 10.1 Å². The van der Waals surface area contributed by atoms with E-state index in [4.69, 9.17) is 0 Å². The highest BCUT2D eigenvalue weighted by Crippen LogP contribution is 2.17. The molecule has 0 bridgehead atoms. The van der Waals surface area contributed by atoms with Crippen LogP contribution < -0.4 is 10.1 Å². The zero-order chi connectivity index (χ0) is 11.4. The molecule has 0 aliphatic carbocycles. The monoisotopic (exact) mass is 227 g/mol. The van der Waals surface area contributed by atoms with Crippen molar-refractivity contribution >= 4 is 11.6 Å². The van der Waals surface area contributed by atoms with E-state index in [9.17, 15) is 8.78 Å². The predicted molar refractivity (Wildman–Crippen MR) is 50.5 cm³/mol. The van der Waals surface area contributed by atoms with Crippen molar-refractivity contribution in [1.29, 1.82) is 0 Å².